The van der Waals surface area contributed by atoms with Crippen molar-refractivity contribution in [2.75, 3.05) is 13.6 Å². The summed E-state index contributed by atoms with van der Waals surface area (Å²) in [4.78, 5) is 11.5. The summed E-state index contributed by atoms with van der Waals surface area (Å²) in [7, 11) is 2.09. The monoisotopic (exact) mass is 284 g/mol. The number of hydrogen-bond acceptors (Lipinski definition) is 1. The number of benzene rings is 2. The molecule has 0 aliphatic carbocycles. The zero-order chi connectivity index (χ0) is 15.0. The second-order valence-electron chi connectivity index (χ2n) is 6.35. The van der Waals surface area contributed by atoms with Crippen molar-refractivity contribution in [2.24, 2.45) is 0 Å². The smallest absolute Gasteiger partial charge is 0.362 e. The van der Waals surface area contributed by atoms with Crippen LogP contribution < -0.4 is 0 Å². The minimum Gasteiger partial charge on any atom is -0.477 e. The topological polar surface area (TPSA) is 37.3 Å². The zero-order valence-corrected chi connectivity index (χ0v) is 12.6. The summed E-state index contributed by atoms with van der Waals surface area (Å²) in [6.07, 6.45) is 1.77. The van der Waals surface area contributed by atoms with Crippen LogP contribution in [0.3, 0.4) is 0 Å². The maximum Gasteiger partial charge on any atom is 0.362 e. The summed E-state index contributed by atoms with van der Waals surface area (Å²) >= 11 is 0. The van der Waals surface area contributed by atoms with Gasteiger partial charge in [-0.2, -0.15) is 0 Å². The van der Waals surface area contributed by atoms with E-state index in [0.29, 0.717) is 4.48 Å². The minimum atomic E-state index is -0.664. The molecule has 1 heterocycles. The van der Waals surface area contributed by atoms with Gasteiger partial charge in [-0.1, -0.05) is 36.4 Å². The van der Waals surface area contributed by atoms with E-state index in [9.17, 15) is 9.90 Å². The van der Waals surface area contributed by atoms with Crippen LogP contribution in [0.25, 0.3) is 10.8 Å². The Morgan fingerprint density at radius 3 is 2.67 bits per heavy atom. The molecular weight excluding hydrogens is 262 g/mol. The van der Waals surface area contributed by atoms with Crippen molar-refractivity contribution in [1.29, 1.82) is 0 Å². The van der Waals surface area contributed by atoms with E-state index in [4.69, 9.17) is 0 Å². The van der Waals surface area contributed by atoms with E-state index in [-0.39, 0.29) is 12.1 Å². The van der Waals surface area contributed by atoms with Crippen molar-refractivity contribution < 1.29 is 14.4 Å². The summed E-state index contributed by atoms with van der Waals surface area (Å²) in [5.41, 5.74) is 1.23. The van der Waals surface area contributed by atoms with Crippen molar-refractivity contribution in [3.63, 3.8) is 0 Å². The number of carbonyl (C=O) groups is 1. The van der Waals surface area contributed by atoms with E-state index in [2.05, 4.69) is 44.3 Å². The Morgan fingerprint density at radius 2 is 1.95 bits per heavy atom. The minimum absolute atomic E-state index is 0.193. The number of carboxylic acid groups (broad SMARTS) is 1. The van der Waals surface area contributed by atoms with Gasteiger partial charge in [-0.15, -0.1) is 0 Å². The number of nitrogens with zero attached hydrogens (tertiary/aromatic N) is 1. The molecule has 2 aromatic rings. The summed E-state index contributed by atoms with van der Waals surface area (Å²) < 4.78 is 0.605. The SMILES string of the molecule is C[C@H](c1ccc2ccccc2c1)[N+]1(C)CCC[C@H]1C(=O)O. The van der Waals surface area contributed by atoms with Gasteiger partial charge in [-0.05, 0) is 23.8 Å². The Morgan fingerprint density at radius 1 is 1.24 bits per heavy atom. The molecule has 3 atom stereocenters. The highest BCUT2D eigenvalue weighted by atomic mass is 16.4. The number of rotatable bonds is 3. The fourth-order valence-corrected chi connectivity index (χ4v) is 3.72. The summed E-state index contributed by atoms with van der Waals surface area (Å²) in [5, 5.41) is 12.0. The first-order chi connectivity index (χ1) is 10.0. The van der Waals surface area contributed by atoms with Gasteiger partial charge < -0.3 is 9.59 Å². The van der Waals surface area contributed by atoms with Gasteiger partial charge >= 0.3 is 5.97 Å². The van der Waals surface area contributed by atoms with Gasteiger partial charge in [0.25, 0.3) is 0 Å². The molecule has 0 amide bonds. The second kappa shape index (κ2) is 5.15. The number of aliphatic carboxylic acids is 1. The molecule has 0 radical (unpaired) electrons. The van der Waals surface area contributed by atoms with Crippen LogP contribution in [0.5, 0.6) is 0 Å². The molecule has 3 rings (SSSR count). The molecule has 0 bridgehead atoms. The van der Waals surface area contributed by atoms with E-state index in [1.807, 2.05) is 12.1 Å². The lowest BCUT2D eigenvalue weighted by molar-refractivity contribution is -0.941. The van der Waals surface area contributed by atoms with Crippen molar-refractivity contribution in [3.8, 4) is 0 Å². The number of fused-ring (bicyclic) bond motifs is 1. The van der Waals surface area contributed by atoms with Crippen molar-refractivity contribution >= 4 is 16.7 Å². The lowest BCUT2D eigenvalue weighted by Crippen LogP contribution is -2.53. The van der Waals surface area contributed by atoms with Crippen LogP contribution in [0.1, 0.15) is 31.4 Å². The van der Waals surface area contributed by atoms with Gasteiger partial charge in [0, 0.05) is 18.4 Å². The Balaban J connectivity index is 1.99. The largest absolute Gasteiger partial charge is 0.477 e. The molecule has 1 aliphatic rings. The Kier molecular flexibility index (Phi) is 3.46. The third-order valence-corrected chi connectivity index (χ3v) is 5.26. The third kappa shape index (κ3) is 2.32. The van der Waals surface area contributed by atoms with Crippen LogP contribution in [0.4, 0.5) is 0 Å². The molecule has 1 fully saturated rings. The van der Waals surface area contributed by atoms with Gasteiger partial charge in [0.2, 0.25) is 0 Å². The average molecular weight is 284 g/mol. The fourth-order valence-electron chi connectivity index (χ4n) is 3.72. The molecule has 3 nitrogen and oxygen atoms in total. The molecule has 110 valence electrons. The zero-order valence-electron chi connectivity index (χ0n) is 12.6. The maximum absolute atomic E-state index is 11.5. The number of hydrogen-bond donors (Lipinski definition) is 1. The van der Waals surface area contributed by atoms with Crippen LogP contribution >= 0.6 is 0 Å². The first-order valence-corrected chi connectivity index (χ1v) is 7.59. The first-order valence-electron chi connectivity index (χ1n) is 7.59. The van der Waals surface area contributed by atoms with Crippen molar-refractivity contribution in [1.82, 2.24) is 0 Å². The third-order valence-electron chi connectivity index (χ3n) is 5.26. The summed E-state index contributed by atoms with van der Waals surface area (Å²) in [5.74, 6) is -0.664. The van der Waals surface area contributed by atoms with E-state index in [1.165, 1.54) is 16.3 Å². The standard InChI is InChI=1S/C18H21NO2/c1-13(19(2)11-5-8-17(19)18(20)21)15-10-9-14-6-3-4-7-16(14)12-15/h3-4,6-7,9-10,12-13,17H,5,8,11H2,1-2H3/p+1/t13-,17+,19?/m1/s1. The summed E-state index contributed by atoms with van der Waals surface area (Å²) in [6, 6.07) is 14.7. The van der Waals surface area contributed by atoms with Crippen LogP contribution in [0.2, 0.25) is 0 Å². The predicted octanol–water partition coefficient (Wildman–Crippen LogP) is 3.59. The van der Waals surface area contributed by atoms with Crippen LogP contribution in [-0.2, 0) is 4.79 Å². The number of likely N-dealkylation sites (N-methyl/N-ethyl adjacent to an activating group) is 1. The Hall–Kier alpha value is -1.87. The van der Waals surface area contributed by atoms with Gasteiger partial charge in [0.1, 0.15) is 6.04 Å². The quantitative estimate of drug-likeness (QED) is 0.874. The molecule has 2 aromatic carbocycles. The lowest BCUT2D eigenvalue weighted by Gasteiger charge is -2.40. The van der Waals surface area contributed by atoms with Gasteiger partial charge in [0.05, 0.1) is 13.6 Å². The van der Waals surface area contributed by atoms with Crippen LogP contribution in [-0.4, -0.2) is 35.2 Å². The van der Waals surface area contributed by atoms with Gasteiger partial charge in [-0.25, -0.2) is 4.79 Å². The van der Waals surface area contributed by atoms with Crippen molar-refractivity contribution in [2.45, 2.75) is 31.8 Å². The molecule has 0 saturated carbocycles. The normalized spacial score (nSPS) is 26.9. The lowest BCUT2D eigenvalue weighted by atomic mass is 9.99. The second-order valence-corrected chi connectivity index (χ2v) is 6.35. The molecule has 21 heavy (non-hydrogen) atoms. The first kappa shape index (κ1) is 14.1. The number of quaternary nitrogens is 1. The van der Waals surface area contributed by atoms with Gasteiger partial charge in [-0.3, -0.25) is 0 Å². The molecular formula is C18H22NO2+. The van der Waals surface area contributed by atoms with E-state index < -0.39 is 5.97 Å². The van der Waals surface area contributed by atoms with Crippen LogP contribution in [0, 0.1) is 0 Å². The Bertz CT molecular complexity index is 682. The number of carboxylic acids is 1. The predicted molar refractivity (Wildman–Crippen MR) is 84.1 cm³/mol. The van der Waals surface area contributed by atoms with E-state index in [0.717, 1.165) is 19.4 Å². The highest BCUT2D eigenvalue weighted by Crippen LogP contribution is 2.37. The van der Waals surface area contributed by atoms with E-state index >= 15 is 0 Å². The number of likely N-dealkylation sites (tertiary alicyclic amines) is 1. The Labute approximate surface area is 125 Å². The van der Waals surface area contributed by atoms with Crippen molar-refractivity contribution in [3.05, 3.63) is 48.0 Å². The highest BCUT2D eigenvalue weighted by Gasteiger charge is 2.46. The van der Waals surface area contributed by atoms with E-state index in [1.54, 1.807) is 0 Å². The molecule has 1 unspecified atom stereocenters. The van der Waals surface area contributed by atoms with Gasteiger partial charge in [0.15, 0.2) is 6.04 Å². The molecule has 1 aliphatic heterocycles. The summed E-state index contributed by atoms with van der Waals surface area (Å²) in [6.45, 7) is 3.09. The molecule has 0 spiro atoms. The average Bonchev–Trinajstić information content (AvgIpc) is 2.89. The fraction of sp³-hybridized carbons (Fsp3) is 0.389. The molecule has 1 saturated heterocycles. The highest BCUT2D eigenvalue weighted by molar-refractivity contribution is 5.83. The molecule has 1 N–H and O–H groups in total. The molecule has 3 heteroatoms. The maximum atomic E-state index is 11.5. The molecule has 0 aromatic heterocycles. The van der Waals surface area contributed by atoms with Crippen LogP contribution in [0.15, 0.2) is 42.5 Å².